The fourth-order valence-corrected chi connectivity index (χ4v) is 4.42. The molecule has 2 aromatic rings. The Labute approximate surface area is 172 Å². The van der Waals surface area contributed by atoms with Crippen molar-refractivity contribution in [3.63, 3.8) is 0 Å². The number of hydrogen-bond donors (Lipinski definition) is 1. The molecule has 2 rings (SSSR count). The molecule has 1 amide bonds. The summed E-state index contributed by atoms with van der Waals surface area (Å²) in [6.45, 7) is 5.13. The van der Waals surface area contributed by atoms with Crippen LogP contribution in [-0.2, 0) is 10.0 Å². The number of nitrogens with one attached hydrogen (secondary N) is 1. The summed E-state index contributed by atoms with van der Waals surface area (Å²) in [5.74, 6) is -0.300. The summed E-state index contributed by atoms with van der Waals surface area (Å²) in [5, 5.41) is 3.24. The van der Waals surface area contributed by atoms with Crippen LogP contribution in [0.2, 0.25) is 5.02 Å². The number of nitrogens with zero attached hydrogens (tertiary/aromatic N) is 1. The minimum Gasteiger partial charge on any atom is -0.322 e. The molecule has 0 saturated carbocycles. The van der Waals surface area contributed by atoms with E-state index in [1.54, 1.807) is 40.7 Å². The molecular formula is C21H27ClN2O3S. The van der Waals surface area contributed by atoms with E-state index in [0.717, 1.165) is 25.7 Å². The molecule has 0 aliphatic heterocycles. The van der Waals surface area contributed by atoms with Crippen LogP contribution in [0.15, 0.2) is 53.4 Å². The molecule has 0 aliphatic carbocycles. The number of sulfonamides is 1. The third-order valence-corrected chi connectivity index (χ3v) is 6.51. The molecule has 0 radical (unpaired) electrons. The highest BCUT2D eigenvalue weighted by atomic mass is 35.5. The van der Waals surface area contributed by atoms with Crippen molar-refractivity contribution in [1.82, 2.24) is 4.31 Å². The van der Waals surface area contributed by atoms with Crippen LogP contribution < -0.4 is 5.32 Å². The van der Waals surface area contributed by atoms with Crippen LogP contribution in [-0.4, -0.2) is 31.7 Å². The number of unbranched alkanes of at least 4 members (excludes halogenated alkanes) is 2. The van der Waals surface area contributed by atoms with E-state index in [2.05, 4.69) is 5.32 Å². The molecule has 0 aliphatic rings. The van der Waals surface area contributed by atoms with Gasteiger partial charge in [-0.1, -0.05) is 44.4 Å². The molecule has 0 atom stereocenters. The number of anilines is 1. The monoisotopic (exact) mass is 422 g/mol. The van der Waals surface area contributed by atoms with Crippen LogP contribution in [0, 0.1) is 0 Å². The van der Waals surface area contributed by atoms with Crippen LogP contribution in [0.1, 0.15) is 49.9 Å². The first-order chi connectivity index (χ1) is 13.4. The number of hydrogen-bond acceptors (Lipinski definition) is 3. The highest BCUT2D eigenvalue weighted by molar-refractivity contribution is 7.89. The molecule has 1 N–H and O–H groups in total. The summed E-state index contributed by atoms with van der Waals surface area (Å²) in [6.07, 6.45) is 3.53. The van der Waals surface area contributed by atoms with E-state index in [9.17, 15) is 13.2 Å². The van der Waals surface area contributed by atoms with E-state index < -0.39 is 10.0 Å². The van der Waals surface area contributed by atoms with Gasteiger partial charge in [0.15, 0.2) is 0 Å². The van der Waals surface area contributed by atoms with Crippen molar-refractivity contribution >= 4 is 33.2 Å². The van der Waals surface area contributed by atoms with E-state index in [1.807, 2.05) is 13.8 Å². The second-order valence-corrected chi connectivity index (χ2v) is 8.97. The lowest BCUT2D eigenvalue weighted by atomic mass is 10.2. The predicted molar refractivity (Wildman–Crippen MR) is 114 cm³/mol. The lowest BCUT2D eigenvalue weighted by Crippen LogP contribution is -2.33. The van der Waals surface area contributed by atoms with E-state index in [-0.39, 0.29) is 10.8 Å². The molecule has 152 valence electrons. The van der Waals surface area contributed by atoms with Gasteiger partial charge in [-0.2, -0.15) is 4.31 Å². The summed E-state index contributed by atoms with van der Waals surface area (Å²) in [5.41, 5.74) is 0.965. The van der Waals surface area contributed by atoms with Gasteiger partial charge in [0.2, 0.25) is 10.0 Å². The van der Waals surface area contributed by atoms with Gasteiger partial charge in [-0.25, -0.2) is 8.42 Å². The summed E-state index contributed by atoms with van der Waals surface area (Å²) < 4.78 is 27.5. The summed E-state index contributed by atoms with van der Waals surface area (Å²) in [4.78, 5) is 12.5. The zero-order chi connectivity index (χ0) is 20.6. The van der Waals surface area contributed by atoms with Crippen molar-refractivity contribution < 1.29 is 13.2 Å². The molecular weight excluding hydrogens is 396 g/mol. The first kappa shape index (κ1) is 22.4. The zero-order valence-electron chi connectivity index (χ0n) is 16.3. The van der Waals surface area contributed by atoms with Crippen molar-refractivity contribution in [3.05, 3.63) is 59.1 Å². The van der Waals surface area contributed by atoms with Crippen molar-refractivity contribution in [3.8, 4) is 0 Å². The normalized spacial score (nSPS) is 11.6. The average molecular weight is 423 g/mol. The van der Waals surface area contributed by atoms with Gasteiger partial charge < -0.3 is 5.32 Å². The Kier molecular flexibility index (Phi) is 8.48. The van der Waals surface area contributed by atoms with E-state index >= 15 is 0 Å². The Morgan fingerprint density at radius 3 is 2.14 bits per heavy atom. The SMILES string of the molecule is CCCCN(CCCC)S(=O)(=O)c1ccc(NC(=O)c2cccc(Cl)c2)cc1. The molecule has 0 spiro atoms. The standard InChI is InChI=1S/C21H27ClN2O3S/c1-3-5-14-24(15-6-4-2)28(26,27)20-12-10-19(11-13-20)23-21(25)17-8-7-9-18(22)16-17/h7-13,16H,3-6,14-15H2,1-2H3,(H,23,25). The van der Waals surface area contributed by atoms with Gasteiger partial charge in [-0.3, -0.25) is 4.79 Å². The zero-order valence-corrected chi connectivity index (χ0v) is 17.9. The van der Waals surface area contributed by atoms with Gasteiger partial charge >= 0.3 is 0 Å². The average Bonchev–Trinajstić information content (AvgIpc) is 2.68. The van der Waals surface area contributed by atoms with E-state index in [0.29, 0.717) is 29.4 Å². The Bertz CT molecular complexity index is 875. The van der Waals surface area contributed by atoms with E-state index in [1.165, 1.54) is 12.1 Å². The van der Waals surface area contributed by atoms with Crippen molar-refractivity contribution in [2.45, 2.75) is 44.4 Å². The molecule has 0 unspecified atom stereocenters. The summed E-state index contributed by atoms with van der Waals surface area (Å²) in [7, 11) is -3.55. The van der Waals surface area contributed by atoms with Gasteiger partial charge in [0.1, 0.15) is 0 Å². The lowest BCUT2D eigenvalue weighted by Gasteiger charge is -2.22. The smallest absolute Gasteiger partial charge is 0.255 e. The summed E-state index contributed by atoms with van der Waals surface area (Å²) in [6, 6.07) is 12.9. The maximum atomic E-state index is 13.0. The largest absolute Gasteiger partial charge is 0.322 e. The molecule has 0 saturated heterocycles. The summed E-state index contributed by atoms with van der Waals surface area (Å²) >= 11 is 5.91. The predicted octanol–water partition coefficient (Wildman–Crippen LogP) is 5.18. The molecule has 7 heteroatoms. The van der Waals surface area contributed by atoms with Crippen LogP contribution in [0.4, 0.5) is 5.69 Å². The minimum absolute atomic E-state index is 0.237. The molecule has 28 heavy (non-hydrogen) atoms. The van der Waals surface area contributed by atoms with Crippen molar-refractivity contribution in [2.24, 2.45) is 0 Å². The first-order valence-corrected chi connectivity index (χ1v) is 11.4. The van der Waals surface area contributed by atoms with Gasteiger partial charge in [0.25, 0.3) is 5.91 Å². The Balaban J connectivity index is 2.13. The molecule has 2 aromatic carbocycles. The number of carbonyl (C=O) groups is 1. The number of rotatable bonds is 10. The second kappa shape index (κ2) is 10.6. The Hall–Kier alpha value is -1.89. The first-order valence-electron chi connectivity index (χ1n) is 9.55. The topological polar surface area (TPSA) is 66.5 Å². The number of carbonyl (C=O) groups excluding carboxylic acids is 1. The van der Waals surface area contributed by atoms with Gasteiger partial charge in [-0.05, 0) is 55.3 Å². The third-order valence-electron chi connectivity index (χ3n) is 4.36. The molecule has 0 heterocycles. The Morgan fingerprint density at radius 1 is 1.00 bits per heavy atom. The Morgan fingerprint density at radius 2 is 1.61 bits per heavy atom. The lowest BCUT2D eigenvalue weighted by molar-refractivity contribution is 0.102. The van der Waals surface area contributed by atoms with Gasteiger partial charge in [0.05, 0.1) is 4.90 Å². The molecule has 0 bridgehead atoms. The maximum Gasteiger partial charge on any atom is 0.255 e. The fourth-order valence-electron chi connectivity index (χ4n) is 2.71. The van der Waals surface area contributed by atoms with Gasteiger partial charge in [0, 0.05) is 29.4 Å². The van der Waals surface area contributed by atoms with Crippen LogP contribution in [0.25, 0.3) is 0 Å². The van der Waals surface area contributed by atoms with Crippen LogP contribution >= 0.6 is 11.6 Å². The highest BCUT2D eigenvalue weighted by Crippen LogP contribution is 2.20. The number of benzene rings is 2. The number of halogens is 1. The van der Waals surface area contributed by atoms with Crippen LogP contribution in [0.5, 0.6) is 0 Å². The van der Waals surface area contributed by atoms with Crippen molar-refractivity contribution in [1.29, 1.82) is 0 Å². The van der Waals surface area contributed by atoms with E-state index in [4.69, 9.17) is 11.6 Å². The fraction of sp³-hybridized carbons (Fsp3) is 0.381. The molecule has 0 aromatic heterocycles. The minimum atomic E-state index is -3.55. The second-order valence-electron chi connectivity index (χ2n) is 6.60. The third kappa shape index (κ3) is 6.06. The van der Waals surface area contributed by atoms with Gasteiger partial charge in [-0.15, -0.1) is 0 Å². The van der Waals surface area contributed by atoms with Crippen molar-refractivity contribution in [2.75, 3.05) is 18.4 Å². The van der Waals surface area contributed by atoms with Crippen LogP contribution in [0.3, 0.4) is 0 Å². The quantitative estimate of drug-likeness (QED) is 0.573. The maximum absolute atomic E-state index is 13.0. The highest BCUT2D eigenvalue weighted by Gasteiger charge is 2.23. The molecule has 5 nitrogen and oxygen atoms in total. The number of amides is 1. The molecule has 0 fully saturated rings.